The Hall–Kier alpha value is -3.34. The van der Waals surface area contributed by atoms with Crippen LogP contribution in [0.1, 0.15) is 23.6 Å². The van der Waals surface area contributed by atoms with Crippen molar-refractivity contribution in [2.24, 2.45) is 0 Å². The van der Waals surface area contributed by atoms with Crippen molar-refractivity contribution in [2.45, 2.75) is 12.3 Å². The van der Waals surface area contributed by atoms with Crippen LogP contribution in [-0.2, 0) is 5.41 Å². The van der Waals surface area contributed by atoms with E-state index in [1.165, 1.54) is 48.5 Å². The quantitative estimate of drug-likeness (QED) is 0.371. The number of rotatable bonds is 3. The number of hydrogen-bond donors (Lipinski definition) is 5. The van der Waals surface area contributed by atoms with E-state index in [0.717, 1.165) is 0 Å². The second kappa shape index (κ2) is 5.94. The van der Waals surface area contributed by atoms with E-state index in [0.29, 0.717) is 16.7 Å². The smallest absolute Gasteiger partial charge is 0.120 e. The Morgan fingerprint density at radius 2 is 0.960 bits per heavy atom. The molecule has 3 aromatic carbocycles. The summed E-state index contributed by atoms with van der Waals surface area (Å²) in [7, 11) is 0. The fourth-order valence-electron chi connectivity index (χ4n) is 3.10. The Morgan fingerprint density at radius 1 is 0.560 bits per heavy atom. The molecule has 0 bridgehead atoms. The lowest BCUT2D eigenvalue weighted by atomic mass is 9.70. The zero-order valence-corrected chi connectivity index (χ0v) is 13.5. The van der Waals surface area contributed by atoms with Crippen LogP contribution in [-0.4, -0.2) is 25.5 Å². The molecule has 5 nitrogen and oxygen atoms in total. The lowest BCUT2D eigenvalue weighted by Crippen LogP contribution is -2.25. The second-order valence-electron chi connectivity index (χ2n) is 6.07. The first kappa shape index (κ1) is 16.5. The van der Waals surface area contributed by atoms with Crippen molar-refractivity contribution in [3.8, 4) is 28.7 Å². The van der Waals surface area contributed by atoms with Crippen molar-refractivity contribution in [1.29, 1.82) is 0 Å². The monoisotopic (exact) mass is 338 g/mol. The number of aromatic hydroxyl groups is 5. The molecule has 0 heterocycles. The molecule has 0 saturated carbocycles. The Kier molecular flexibility index (Phi) is 3.93. The summed E-state index contributed by atoms with van der Waals surface area (Å²) in [5, 5.41) is 50.2. The molecule has 0 spiro atoms. The van der Waals surface area contributed by atoms with E-state index in [1.54, 1.807) is 19.1 Å². The molecule has 0 fully saturated rings. The van der Waals surface area contributed by atoms with Gasteiger partial charge in [0.25, 0.3) is 0 Å². The predicted octanol–water partition coefficient (Wildman–Crippen LogP) is 3.57. The van der Waals surface area contributed by atoms with Gasteiger partial charge in [-0.3, -0.25) is 0 Å². The second-order valence-corrected chi connectivity index (χ2v) is 6.07. The van der Waals surface area contributed by atoms with Gasteiger partial charge in [-0.25, -0.2) is 0 Å². The Balaban J connectivity index is 2.37. The number of phenolic OH excluding ortho intramolecular Hbond substituents is 5. The molecule has 0 amide bonds. The topological polar surface area (TPSA) is 101 Å². The SMILES string of the molecule is CC(c1ccc(O)cc1)(c1cc(O)ccc1O)c1cc(O)ccc1O. The third-order valence-electron chi connectivity index (χ3n) is 4.48. The molecule has 5 N–H and O–H groups in total. The maximum absolute atomic E-state index is 10.4. The summed E-state index contributed by atoms with van der Waals surface area (Å²) in [6, 6.07) is 14.6. The van der Waals surface area contributed by atoms with Gasteiger partial charge in [-0.2, -0.15) is 0 Å². The fraction of sp³-hybridized carbons (Fsp3) is 0.100. The van der Waals surface area contributed by atoms with Gasteiger partial charge in [-0.1, -0.05) is 12.1 Å². The average molecular weight is 338 g/mol. The molecule has 0 aromatic heterocycles. The van der Waals surface area contributed by atoms with Crippen molar-refractivity contribution in [1.82, 2.24) is 0 Å². The summed E-state index contributed by atoms with van der Waals surface area (Å²) >= 11 is 0. The maximum Gasteiger partial charge on any atom is 0.120 e. The lowest BCUT2D eigenvalue weighted by Gasteiger charge is -2.33. The van der Waals surface area contributed by atoms with Crippen LogP contribution in [0.25, 0.3) is 0 Å². The zero-order chi connectivity index (χ0) is 18.2. The third kappa shape index (κ3) is 2.80. The number of phenols is 5. The minimum Gasteiger partial charge on any atom is -0.508 e. The van der Waals surface area contributed by atoms with Gasteiger partial charge in [-0.15, -0.1) is 0 Å². The van der Waals surface area contributed by atoms with Crippen molar-refractivity contribution >= 4 is 0 Å². The fourth-order valence-corrected chi connectivity index (χ4v) is 3.10. The number of hydrogen-bond acceptors (Lipinski definition) is 5. The van der Waals surface area contributed by atoms with Crippen LogP contribution >= 0.6 is 0 Å². The summed E-state index contributed by atoms with van der Waals surface area (Å²) in [6.07, 6.45) is 0. The molecule has 0 aliphatic heterocycles. The molecular formula is C20H18O5. The van der Waals surface area contributed by atoms with E-state index < -0.39 is 5.41 Å². The third-order valence-corrected chi connectivity index (χ3v) is 4.48. The molecule has 25 heavy (non-hydrogen) atoms. The summed E-state index contributed by atoms with van der Waals surface area (Å²) in [6.45, 7) is 1.75. The summed E-state index contributed by atoms with van der Waals surface area (Å²) in [5.41, 5.74) is 0.240. The van der Waals surface area contributed by atoms with Crippen LogP contribution < -0.4 is 0 Å². The van der Waals surface area contributed by atoms with Crippen molar-refractivity contribution in [2.75, 3.05) is 0 Å². The van der Waals surface area contributed by atoms with Crippen molar-refractivity contribution in [3.05, 3.63) is 77.4 Å². The van der Waals surface area contributed by atoms with Crippen molar-refractivity contribution in [3.63, 3.8) is 0 Å². The molecule has 0 aliphatic rings. The van der Waals surface area contributed by atoms with Gasteiger partial charge < -0.3 is 25.5 Å². The van der Waals surface area contributed by atoms with Crippen LogP contribution in [0.4, 0.5) is 0 Å². The normalized spacial score (nSPS) is 11.4. The maximum atomic E-state index is 10.4. The zero-order valence-electron chi connectivity index (χ0n) is 13.5. The molecule has 0 saturated heterocycles. The molecule has 128 valence electrons. The van der Waals surface area contributed by atoms with E-state index >= 15 is 0 Å². The highest BCUT2D eigenvalue weighted by molar-refractivity contribution is 5.60. The molecule has 0 atom stereocenters. The van der Waals surface area contributed by atoms with E-state index in [2.05, 4.69) is 0 Å². The van der Waals surface area contributed by atoms with Gasteiger partial charge in [0.2, 0.25) is 0 Å². The lowest BCUT2D eigenvalue weighted by molar-refractivity contribution is 0.429. The van der Waals surface area contributed by atoms with Crippen LogP contribution in [0.15, 0.2) is 60.7 Å². The highest BCUT2D eigenvalue weighted by Gasteiger charge is 2.36. The van der Waals surface area contributed by atoms with E-state index in [4.69, 9.17) is 0 Å². The molecule has 5 heteroatoms. The molecule has 0 aliphatic carbocycles. The summed E-state index contributed by atoms with van der Waals surface area (Å²) in [5.74, 6) is -0.159. The average Bonchev–Trinajstić information content (AvgIpc) is 2.59. The van der Waals surface area contributed by atoms with Gasteiger partial charge >= 0.3 is 0 Å². The van der Waals surface area contributed by atoms with Crippen LogP contribution in [0.2, 0.25) is 0 Å². The van der Waals surface area contributed by atoms with Crippen LogP contribution in [0, 0.1) is 0 Å². The molecule has 3 rings (SSSR count). The Labute approximate surface area is 144 Å². The van der Waals surface area contributed by atoms with Gasteiger partial charge in [0, 0.05) is 16.5 Å². The standard InChI is InChI=1S/C20H18O5/c1-20(12-2-4-13(21)5-3-12,16-10-14(22)6-8-18(16)24)17-11-15(23)7-9-19(17)25/h2-11,21-25H,1H3. The first-order valence-electron chi connectivity index (χ1n) is 7.67. The Morgan fingerprint density at radius 3 is 1.40 bits per heavy atom. The Bertz CT molecular complexity index is 864. The van der Waals surface area contributed by atoms with Crippen LogP contribution in [0.5, 0.6) is 28.7 Å². The largest absolute Gasteiger partial charge is 0.508 e. The molecule has 0 unspecified atom stereocenters. The highest BCUT2D eigenvalue weighted by Crippen LogP contribution is 2.47. The van der Waals surface area contributed by atoms with Crippen molar-refractivity contribution < 1.29 is 25.5 Å². The van der Waals surface area contributed by atoms with E-state index in [-0.39, 0.29) is 28.7 Å². The first-order chi connectivity index (χ1) is 11.8. The minimum atomic E-state index is -1.10. The molecular weight excluding hydrogens is 320 g/mol. The first-order valence-corrected chi connectivity index (χ1v) is 7.67. The predicted molar refractivity (Wildman–Crippen MR) is 93.2 cm³/mol. The van der Waals surface area contributed by atoms with Gasteiger partial charge in [0.05, 0.1) is 0 Å². The molecule has 3 aromatic rings. The van der Waals surface area contributed by atoms with E-state index in [1.807, 2.05) is 0 Å². The molecule has 0 radical (unpaired) electrons. The summed E-state index contributed by atoms with van der Waals surface area (Å²) in [4.78, 5) is 0. The summed E-state index contributed by atoms with van der Waals surface area (Å²) < 4.78 is 0. The highest BCUT2D eigenvalue weighted by atomic mass is 16.3. The van der Waals surface area contributed by atoms with Gasteiger partial charge in [-0.05, 0) is 61.0 Å². The van der Waals surface area contributed by atoms with Crippen LogP contribution in [0.3, 0.4) is 0 Å². The van der Waals surface area contributed by atoms with Gasteiger partial charge in [0.1, 0.15) is 28.7 Å². The minimum absolute atomic E-state index is 0.0440. The van der Waals surface area contributed by atoms with Gasteiger partial charge in [0.15, 0.2) is 0 Å². The number of benzene rings is 3. The van der Waals surface area contributed by atoms with E-state index in [9.17, 15) is 25.5 Å².